The lowest BCUT2D eigenvalue weighted by atomic mass is 9.94. The average Bonchev–Trinajstić information content (AvgIpc) is 2.47. The van der Waals surface area contributed by atoms with Crippen molar-refractivity contribution in [1.29, 1.82) is 0 Å². The summed E-state index contributed by atoms with van der Waals surface area (Å²) in [4.78, 5) is 24.8. The molecule has 1 amide bonds. The maximum absolute atomic E-state index is 12.3. The Morgan fingerprint density at radius 1 is 1.30 bits per heavy atom. The number of hydrogen-bond acceptors (Lipinski definition) is 4. The number of piperazine rings is 1. The van der Waals surface area contributed by atoms with Crippen LogP contribution in [0.3, 0.4) is 0 Å². The molecule has 1 saturated heterocycles. The van der Waals surface area contributed by atoms with Gasteiger partial charge in [-0.25, -0.2) is 9.97 Å². The Balaban J connectivity index is 1.96. The zero-order valence-corrected chi connectivity index (χ0v) is 14.0. The van der Waals surface area contributed by atoms with E-state index in [1.54, 1.807) is 12.4 Å². The molecule has 0 unspecified atom stereocenters. The SMILES string of the molecule is CC(C)(CCl)C(=O)N1CCN(c2ncc(Br)cn2)CC1. The number of alkyl halides is 1. The number of anilines is 1. The number of carbonyl (C=O) groups excluding carboxylic acids is 1. The number of nitrogens with zero attached hydrogens (tertiary/aromatic N) is 4. The normalized spacial score (nSPS) is 16.4. The molecule has 20 heavy (non-hydrogen) atoms. The van der Waals surface area contributed by atoms with E-state index in [1.807, 2.05) is 18.7 Å². The van der Waals surface area contributed by atoms with Crippen LogP contribution in [-0.2, 0) is 4.79 Å². The van der Waals surface area contributed by atoms with Crippen LogP contribution in [0.4, 0.5) is 5.95 Å². The Morgan fingerprint density at radius 3 is 2.35 bits per heavy atom. The van der Waals surface area contributed by atoms with Crippen molar-refractivity contribution in [1.82, 2.24) is 14.9 Å². The first-order valence-electron chi connectivity index (χ1n) is 6.52. The smallest absolute Gasteiger partial charge is 0.229 e. The maximum atomic E-state index is 12.3. The van der Waals surface area contributed by atoms with E-state index < -0.39 is 5.41 Å². The predicted molar refractivity (Wildman–Crippen MR) is 83.0 cm³/mol. The van der Waals surface area contributed by atoms with Gasteiger partial charge >= 0.3 is 0 Å². The van der Waals surface area contributed by atoms with Gasteiger partial charge in [0.1, 0.15) is 0 Å². The highest BCUT2D eigenvalue weighted by Gasteiger charge is 2.33. The maximum Gasteiger partial charge on any atom is 0.229 e. The second-order valence-electron chi connectivity index (χ2n) is 5.50. The number of carbonyl (C=O) groups is 1. The zero-order chi connectivity index (χ0) is 14.8. The number of halogens is 2. The van der Waals surface area contributed by atoms with Crippen LogP contribution in [-0.4, -0.2) is 52.8 Å². The van der Waals surface area contributed by atoms with Crippen LogP contribution < -0.4 is 4.90 Å². The van der Waals surface area contributed by atoms with E-state index in [4.69, 9.17) is 11.6 Å². The van der Waals surface area contributed by atoms with E-state index in [0.29, 0.717) is 24.9 Å². The van der Waals surface area contributed by atoms with Crippen molar-refractivity contribution < 1.29 is 4.79 Å². The molecule has 0 bridgehead atoms. The van der Waals surface area contributed by atoms with E-state index in [-0.39, 0.29) is 5.91 Å². The summed E-state index contributed by atoms with van der Waals surface area (Å²) in [7, 11) is 0. The van der Waals surface area contributed by atoms with E-state index in [9.17, 15) is 4.79 Å². The van der Waals surface area contributed by atoms with Crippen molar-refractivity contribution in [3.05, 3.63) is 16.9 Å². The summed E-state index contributed by atoms with van der Waals surface area (Å²) in [6.45, 7) is 6.60. The second-order valence-corrected chi connectivity index (χ2v) is 6.68. The third kappa shape index (κ3) is 3.41. The van der Waals surface area contributed by atoms with E-state index >= 15 is 0 Å². The van der Waals surface area contributed by atoms with Gasteiger partial charge in [-0.2, -0.15) is 0 Å². The molecular formula is C13H18BrClN4O. The van der Waals surface area contributed by atoms with Crippen molar-refractivity contribution >= 4 is 39.4 Å². The summed E-state index contributed by atoms with van der Waals surface area (Å²) in [5.41, 5.74) is -0.502. The monoisotopic (exact) mass is 360 g/mol. The first-order chi connectivity index (χ1) is 9.44. The molecule has 0 aliphatic carbocycles. The van der Waals surface area contributed by atoms with Gasteiger partial charge < -0.3 is 9.80 Å². The molecular weight excluding hydrogens is 344 g/mol. The van der Waals surface area contributed by atoms with Crippen LogP contribution in [0.15, 0.2) is 16.9 Å². The van der Waals surface area contributed by atoms with Crippen molar-refractivity contribution in [3.8, 4) is 0 Å². The van der Waals surface area contributed by atoms with Gasteiger partial charge in [-0.15, -0.1) is 11.6 Å². The molecule has 0 N–H and O–H groups in total. The molecule has 0 saturated carbocycles. The van der Waals surface area contributed by atoms with Gasteiger partial charge in [0.05, 0.1) is 9.89 Å². The van der Waals surface area contributed by atoms with Crippen LogP contribution in [0.25, 0.3) is 0 Å². The summed E-state index contributed by atoms with van der Waals surface area (Å²) < 4.78 is 0.860. The quantitative estimate of drug-likeness (QED) is 0.774. The molecule has 0 aromatic carbocycles. The number of amides is 1. The van der Waals surface area contributed by atoms with Crippen LogP contribution in [0.5, 0.6) is 0 Å². The molecule has 7 heteroatoms. The van der Waals surface area contributed by atoms with Crippen molar-refractivity contribution in [2.45, 2.75) is 13.8 Å². The van der Waals surface area contributed by atoms with E-state index in [2.05, 4.69) is 30.8 Å². The molecule has 0 atom stereocenters. The summed E-state index contributed by atoms with van der Waals surface area (Å²) in [6.07, 6.45) is 3.47. The van der Waals surface area contributed by atoms with Crippen LogP contribution in [0.2, 0.25) is 0 Å². The first kappa shape index (κ1) is 15.5. The summed E-state index contributed by atoms with van der Waals surface area (Å²) in [6, 6.07) is 0. The Hall–Kier alpha value is -0.880. The van der Waals surface area contributed by atoms with Crippen LogP contribution in [0.1, 0.15) is 13.8 Å². The van der Waals surface area contributed by atoms with Crippen LogP contribution in [0, 0.1) is 5.41 Å². The van der Waals surface area contributed by atoms with Gasteiger partial charge in [-0.3, -0.25) is 4.79 Å². The summed E-state index contributed by atoms with van der Waals surface area (Å²) >= 11 is 9.18. The molecule has 0 radical (unpaired) electrons. The van der Waals surface area contributed by atoms with Gasteiger partial charge in [0.2, 0.25) is 11.9 Å². The molecule has 110 valence electrons. The fourth-order valence-corrected chi connectivity index (χ4v) is 2.38. The van der Waals surface area contributed by atoms with Crippen molar-refractivity contribution in [2.75, 3.05) is 37.0 Å². The van der Waals surface area contributed by atoms with Gasteiger partial charge in [0, 0.05) is 44.5 Å². The van der Waals surface area contributed by atoms with Crippen molar-refractivity contribution in [2.24, 2.45) is 5.41 Å². The Kier molecular flexibility index (Phi) is 4.86. The highest BCUT2D eigenvalue weighted by Crippen LogP contribution is 2.22. The Labute approximate surface area is 132 Å². The summed E-state index contributed by atoms with van der Waals surface area (Å²) in [5, 5.41) is 0. The van der Waals surface area contributed by atoms with Gasteiger partial charge in [0.15, 0.2) is 0 Å². The first-order valence-corrected chi connectivity index (χ1v) is 7.84. The molecule has 1 aliphatic heterocycles. The molecule has 2 rings (SSSR count). The fourth-order valence-electron chi connectivity index (χ4n) is 2.06. The highest BCUT2D eigenvalue weighted by molar-refractivity contribution is 9.10. The lowest BCUT2D eigenvalue weighted by Crippen LogP contribution is -2.52. The third-order valence-corrected chi connectivity index (χ3v) is 4.45. The van der Waals surface area contributed by atoms with Gasteiger partial charge in [-0.05, 0) is 29.8 Å². The molecule has 0 spiro atoms. The third-order valence-electron chi connectivity index (χ3n) is 3.37. The predicted octanol–water partition coefficient (Wildman–Crippen LogP) is 2.15. The molecule has 1 fully saturated rings. The Bertz CT molecular complexity index is 472. The lowest BCUT2D eigenvalue weighted by Gasteiger charge is -2.38. The molecule has 5 nitrogen and oxygen atoms in total. The van der Waals surface area contributed by atoms with Crippen molar-refractivity contribution in [3.63, 3.8) is 0 Å². The minimum atomic E-state index is -0.502. The lowest BCUT2D eigenvalue weighted by molar-refractivity contribution is -0.139. The molecule has 2 heterocycles. The minimum Gasteiger partial charge on any atom is -0.339 e. The van der Waals surface area contributed by atoms with E-state index in [1.165, 1.54) is 0 Å². The van der Waals surface area contributed by atoms with E-state index in [0.717, 1.165) is 17.6 Å². The zero-order valence-electron chi connectivity index (χ0n) is 11.6. The van der Waals surface area contributed by atoms with Gasteiger partial charge in [0.25, 0.3) is 0 Å². The minimum absolute atomic E-state index is 0.115. The average molecular weight is 362 g/mol. The molecule has 1 aromatic heterocycles. The number of rotatable bonds is 3. The Morgan fingerprint density at radius 2 is 1.85 bits per heavy atom. The fraction of sp³-hybridized carbons (Fsp3) is 0.615. The largest absolute Gasteiger partial charge is 0.339 e. The highest BCUT2D eigenvalue weighted by atomic mass is 79.9. The second kappa shape index (κ2) is 6.26. The number of aromatic nitrogens is 2. The summed E-state index contributed by atoms with van der Waals surface area (Å²) in [5.74, 6) is 1.16. The topological polar surface area (TPSA) is 49.3 Å². The standard InChI is InChI=1S/C13H18BrClN4O/c1-13(2,9-15)11(20)18-3-5-19(6-4-18)12-16-7-10(14)8-17-12/h7-8H,3-6,9H2,1-2H3. The molecule has 1 aliphatic rings. The molecule has 1 aromatic rings. The van der Waals surface area contributed by atoms with Crippen LogP contribution >= 0.6 is 27.5 Å². The van der Waals surface area contributed by atoms with Gasteiger partial charge in [-0.1, -0.05) is 0 Å². The number of hydrogen-bond donors (Lipinski definition) is 0.